The first-order valence-corrected chi connectivity index (χ1v) is 6.71. The lowest BCUT2D eigenvalue weighted by Gasteiger charge is -2.25. The molecule has 5 nitrogen and oxygen atoms in total. The smallest absolute Gasteiger partial charge is 0.229 e. The molecular weight excluding hydrogens is 226 g/mol. The first-order chi connectivity index (χ1) is 8.60. The molecule has 100 valence electrons. The zero-order valence-corrected chi connectivity index (χ0v) is 11.8. The molecule has 1 fully saturated rings. The molecule has 0 atom stereocenters. The second kappa shape index (κ2) is 5.50. The SMILES string of the molecule is CNc1nc(C2CCC(C)CC2)nc(N(C)C)n1. The van der Waals surface area contributed by atoms with Crippen LogP contribution >= 0.6 is 0 Å². The molecule has 0 saturated heterocycles. The Bertz CT molecular complexity index is 396. The topological polar surface area (TPSA) is 53.9 Å². The molecule has 0 radical (unpaired) electrons. The van der Waals surface area contributed by atoms with Crippen molar-refractivity contribution >= 4 is 11.9 Å². The monoisotopic (exact) mass is 249 g/mol. The fourth-order valence-electron chi connectivity index (χ4n) is 2.39. The highest BCUT2D eigenvalue weighted by Crippen LogP contribution is 2.34. The van der Waals surface area contributed by atoms with Crippen molar-refractivity contribution in [1.29, 1.82) is 0 Å². The summed E-state index contributed by atoms with van der Waals surface area (Å²) in [6.45, 7) is 2.33. The van der Waals surface area contributed by atoms with E-state index in [0.29, 0.717) is 11.9 Å². The second-order valence-corrected chi connectivity index (χ2v) is 5.42. The average molecular weight is 249 g/mol. The highest BCUT2D eigenvalue weighted by molar-refractivity contribution is 5.35. The van der Waals surface area contributed by atoms with Crippen LogP contribution in [0.4, 0.5) is 11.9 Å². The zero-order valence-electron chi connectivity index (χ0n) is 11.8. The average Bonchev–Trinajstić information content (AvgIpc) is 2.39. The summed E-state index contributed by atoms with van der Waals surface area (Å²) in [7, 11) is 5.77. The van der Waals surface area contributed by atoms with Crippen molar-refractivity contribution in [2.75, 3.05) is 31.4 Å². The minimum atomic E-state index is 0.495. The number of aromatic nitrogens is 3. The molecule has 0 aliphatic heterocycles. The molecule has 0 amide bonds. The van der Waals surface area contributed by atoms with Crippen LogP contribution < -0.4 is 10.2 Å². The Kier molecular flexibility index (Phi) is 3.99. The van der Waals surface area contributed by atoms with Crippen LogP contribution in [0.3, 0.4) is 0 Å². The van der Waals surface area contributed by atoms with E-state index in [1.807, 2.05) is 26.0 Å². The van der Waals surface area contributed by atoms with Crippen molar-refractivity contribution in [3.63, 3.8) is 0 Å². The van der Waals surface area contributed by atoms with Crippen molar-refractivity contribution in [3.05, 3.63) is 5.82 Å². The summed E-state index contributed by atoms with van der Waals surface area (Å²) in [5, 5.41) is 3.02. The largest absolute Gasteiger partial charge is 0.357 e. The molecule has 1 aromatic rings. The third kappa shape index (κ3) is 2.89. The van der Waals surface area contributed by atoms with Crippen LogP contribution in [0.25, 0.3) is 0 Å². The van der Waals surface area contributed by atoms with E-state index in [-0.39, 0.29) is 0 Å². The molecule has 1 N–H and O–H groups in total. The van der Waals surface area contributed by atoms with E-state index >= 15 is 0 Å². The molecule has 18 heavy (non-hydrogen) atoms. The van der Waals surface area contributed by atoms with E-state index in [0.717, 1.165) is 17.7 Å². The van der Waals surface area contributed by atoms with Crippen LogP contribution in [0, 0.1) is 5.92 Å². The van der Waals surface area contributed by atoms with Gasteiger partial charge in [0.25, 0.3) is 0 Å². The van der Waals surface area contributed by atoms with E-state index in [9.17, 15) is 0 Å². The summed E-state index contributed by atoms with van der Waals surface area (Å²) in [4.78, 5) is 15.4. The van der Waals surface area contributed by atoms with Crippen LogP contribution in [0.2, 0.25) is 0 Å². The van der Waals surface area contributed by atoms with Gasteiger partial charge in [-0.15, -0.1) is 0 Å². The first-order valence-electron chi connectivity index (χ1n) is 6.71. The number of hydrogen-bond acceptors (Lipinski definition) is 5. The predicted octanol–water partition coefficient (Wildman–Crippen LogP) is 2.27. The van der Waals surface area contributed by atoms with E-state index in [4.69, 9.17) is 0 Å². The van der Waals surface area contributed by atoms with Gasteiger partial charge in [-0.05, 0) is 18.8 Å². The summed E-state index contributed by atoms with van der Waals surface area (Å²) < 4.78 is 0. The van der Waals surface area contributed by atoms with Crippen LogP contribution in [0.15, 0.2) is 0 Å². The molecule has 2 rings (SSSR count). The Morgan fingerprint density at radius 1 is 1.06 bits per heavy atom. The lowest BCUT2D eigenvalue weighted by atomic mass is 9.82. The second-order valence-electron chi connectivity index (χ2n) is 5.42. The maximum atomic E-state index is 4.59. The third-order valence-corrected chi connectivity index (χ3v) is 3.65. The molecule has 1 saturated carbocycles. The molecule has 1 aliphatic rings. The molecule has 0 aromatic carbocycles. The molecule has 1 aliphatic carbocycles. The third-order valence-electron chi connectivity index (χ3n) is 3.65. The fourth-order valence-corrected chi connectivity index (χ4v) is 2.39. The van der Waals surface area contributed by atoms with E-state index < -0.39 is 0 Å². The summed E-state index contributed by atoms with van der Waals surface area (Å²) in [6.07, 6.45) is 4.95. The Morgan fingerprint density at radius 2 is 1.72 bits per heavy atom. The number of anilines is 2. The molecule has 0 bridgehead atoms. The van der Waals surface area contributed by atoms with Gasteiger partial charge in [0, 0.05) is 27.1 Å². The standard InChI is InChI=1S/C13H23N5/c1-9-5-7-10(8-6-9)11-15-12(14-2)17-13(16-11)18(3)4/h9-10H,5-8H2,1-4H3,(H,14,15,16,17). The minimum absolute atomic E-state index is 0.495. The van der Waals surface area contributed by atoms with Gasteiger partial charge in [-0.3, -0.25) is 0 Å². The van der Waals surface area contributed by atoms with E-state index in [1.54, 1.807) is 0 Å². The van der Waals surface area contributed by atoms with Gasteiger partial charge in [-0.25, -0.2) is 0 Å². The number of nitrogens with one attached hydrogen (secondary N) is 1. The number of rotatable bonds is 3. The highest BCUT2D eigenvalue weighted by Gasteiger charge is 2.23. The Labute approximate surface area is 109 Å². The summed E-state index contributed by atoms with van der Waals surface area (Å²) in [6, 6.07) is 0. The van der Waals surface area contributed by atoms with Crippen molar-refractivity contribution in [2.24, 2.45) is 5.92 Å². The Balaban J connectivity index is 2.23. The maximum Gasteiger partial charge on any atom is 0.229 e. The summed E-state index contributed by atoms with van der Waals surface area (Å²) >= 11 is 0. The fraction of sp³-hybridized carbons (Fsp3) is 0.769. The maximum absolute atomic E-state index is 4.59. The summed E-state index contributed by atoms with van der Waals surface area (Å²) in [5.74, 6) is 3.70. The van der Waals surface area contributed by atoms with Gasteiger partial charge >= 0.3 is 0 Å². The van der Waals surface area contributed by atoms with Gasteiger partial charge in [0.2, 0.25) is 11.9 Å². The Hall–Kier alpha value is -1.39. The van der Waals surface area contributed by atoms with Gasteiger partial charge in [-0.1, -0.05) is 19.8 Å². The van der Waals surface area contributed by atoms with Gasteiger partial charge in [0.15, 0.2) is 0 Å². The summed E-state index contributed by atoms with van der Waals surface area (Å²) in [5.41, 5.74) is 0. The molecule has 5 heteroatoms. The molecule has 1 heterocycles. The van der Waals surface area contributed by atoms with Crippen LogP contribution in [0.1, 0.15) is 44.3 Å². The van der Waals surface area contributed by atoms with Gasteiger partial charge in [0.05, 0.1) is 0 Å². The van der Waals surface area contributed by atoms with Crippen molar-refractivity contribution < 1.29 is 0 Å². The van der Waals surface area contributed by atoms with Crippen molar-refractivity contribution in [2.45, 2.75) is 38.5 Å². The van der Waals surface area contributed by atoms with Crippen LogP contribution in [-0.2, 0) is 0 Å². The van der Waals surface area contributed by atoms with E-state index in [1.165, 1.54) is 25.7 Å². The minimum Gasteiger partial charge on any atom is -0.357 e. The van der Waals surface area contributed by atoms with Crippen molar-refractivity contribution in [1.82, 2.24) is 15.0 Å². The molecular formula is C13H23N5. The number of hydrogen-bond donors (Lipinski definition) is 1. The quantitative estimate of drug-likeness (QED) is 0.890. The van der Waals surface area contributed by atoms with E-state index in [2.05, 4.69) is 27.2 Å². The van der Waals surface area contributed by atoms with Gasteiger partial charge < -0.3 is 10.2 Å². The van der Waals surface area contributed by atoms with Crippen LogP contribution in [-0.4, -0.2) is 36.1 Å². The first kappa shape index (κ1) is 13.1. The lowest BCUT2D eigenvalue weighted by molar-refractivity contribution is 0.339. The molecule has 1 aromatic heterocycles. The predicted molar refractivity (Wildman–Crippen MR) is 74.1 cm³/mol. The molecule has 0 spiro atoms. The Morgan fingerprint density at radius 3 is 2.28 bits per heavy atom. The zero-order chi connectivity index (χ0) is 13.1. The van der Waals surface area contributed by atoms with Crippen molar-refractivity contribution in [3.8, 4) is 0 Å². The lowest BCUT2D eigenvalue weighted by Crippen LogP contribution is -2.19. The normalized spacial score (nSPS) is 23.8. The number of nitrogens with zero attached hydrogens (tertiary/aromatic N) is 4. The van der Waals surface area contributed by atoms with Gasteiger partial charge in [-0.2, -0.15) is 15.0 Å². The molecule has 0 unspecified atom stereocenters. The highest BCUT2D eigenvalue weighted by atomic mass is 15.3. The van der Waals surface area contributed by atoms with Crippen LogP contribution in [0.5, 0.6) is 0 Å². The van der Waals surface area contributed by atoms with Gasteiger partial charge in [0.1, 0.15) is 5.82 Å².